The molecule has 0 aromatic rings. The molecular formula is C16H25NO6. The van der Waals surface area contributed by atoms with Crippen molar-refractivity contribution >= 4 is 18.0 Å². The molecule has 1 saturated heterocycles. The van der Waals surface area contributed by atoms with Crippen LogP contribution in [0.5, 0.6) is 0 Å². The summed E-state index contributed by atoms with van der Waals surface area (Å²) in [5.41, 5.74) is -0.617. The summed E-state index contributed by atoms with van der Waals surface area (Å²) in [6.07, 6.45) is 1.82. The number of ether oxygens (including phenoxy) is 2. The fourth-order valence-electron chi connectivity index (χ4n) is 3.07. The van der Waals surface area contributed by atoms with Gasteiger partial charge in [0.2, 0.25) is 0 Å². The average molecular weight is 327 g/mol. The maximum atomic E-state index is 12.3. The Balaban J connectivity index is 1.91. The van der Waals surface area contributed by atoms with Crippen molar-refractivity contribution in [1.29, 1.82) is 0 Å². The number of esters is 1. The predicted molar refractivity (Wildman–Crippen MR) is 80.8 cm³/mol. The molecule has 0 unspecified atom stereocenters. The van der Waals surface area contributed by atoms with E-state index in [-0.39, 0.29) is 6.10 Å². The van der Waals surface area contributed by atoms with E-state index < -0.39 is 35.6 Å². The van der Waals surface area contributed by atoms with Crippen LogP contribution >= 0.6 is 0 Å². The molecule has 0 aromatic carbocycles. The number of aliphatic carboxylic acids is 1. The van der Waals surface area contributed by atoms with E-state index in [1.165, 1.54) is 4.90 Å². The molecule has 7 nitrogen and oxygen atoms in total. The van der Waals surface area contributed by atoms with Crippen LogP contribution in [0.25, 0.3) is 0 Å². The Kier molecular flexibility index (Phi) is 5.16. The van der Waals surface area contributed by atoms with Crippen LogP contribution in [-0.2, 0) is 19.1 Å². The van der Waals surface area contributed by atoms with Crippen LogP contribution in [0.4, 0.5) is 4.79 Å². The van der Waals surface area contributed by atoms with Crippen molar-refractivity contribution in [3.05, 3.63) is 0 Å². The molecule has 0 spiro atoms. The van der Waals surface area contributed by atoms with Gasteiger partial charge in [-0.3, -0.25) is 9.69 Å². The molecule has 23 heavy (non-hydrogen) atoms. The number of amides is 1. The first-order valence-electron chi connectivity index (χ1n) is 8.10. The molecule has 1 aliphatic carbocycles. The minimum atomic E-state index is -0.847. The third-order valence-electron chi connectivity index (χ3n) is 4.17. The quantitative estimate of drug-likeness (QED) is 0.799. The highest BCUT2D eigenvalue weighted by Crippen LogP contribution is 2.30. The first kappa shape index (κ1) is 17.6. The van der Waals surface area contributed by atoms with Gasteiger partial charge >= 0.3 is 18.0 Å². The van der Waals surface area contributed by atoms with Crippen molar-refractivity contribution in [1.82, 2.24) is 4.90 Å². The zero-order chi connectivity index (χ0) is 17.2. The van der Waals surface area contributed by atoms with Crippen LogP contribution in [0.15, 0.2) is 0 Å². The zero-order valence-corrected chi connectivity index (χ0v) is 13.9. The van der Waals surface area contributed by atoms with Crippen LogP contribution in [0.2, 0.25) is 0 Å². The van der Waals surface area contributed by atoms with Crippen molar-refractivity contribution in [3.8, 4) is 0 Å². The van der Waals surface area contributed by atoms with Crippen molar-refractivity contribution < 1.29 is 29.0 Å². The van der Waals surface area contributed by atoms with E-state index in [0.29, 0.717) is 32.2 Å². The second kappa shape index (κ2) is 6.76. The lowest BCUT2D eigenvalue weighted by atomic mass is 10.1. The van der Waals surface area contributed by atoms with Crippen molar-refractivity contribution in [2.75, 3.05) is 6.54 Å². The van der Waals surface area contributed by atoms with Crippen molar-refractivity contribution in [2.45, 2.75) is 70.6 Å². The molecule has 1 N–H and O–H groups in total. The van der Waals surface area contributed by atoms with Gasteiger partial charge in [-0.15, -0.1) is 0 Å². The molecular weight excluding hydrogens is 302 g/mol. The van der Waals surface area contributed by atoms with E-state index in [9.17, 15) is 14.4 Å². The minimum absolute atomic E-state index is 0.347. The van der Waals surface area contributed by atoms with Gasteiger partial charge in [-0.2, -0.15) is 0 Å². The Morgan fingerprint density at radius 2 is 1.83 bits per heavy atom. The largest absolute Gasteiger partial charge is 0.481 e. The highest BCUT2D eigenvalue weighted by atomic mass is 16.6. The van der Waals surface area contributed by atoms with Gasteiger partial charge < -0.3 is 14.6 Å². The molecule has 2 rings (SSSR count). The lowest BCUT2D eigenvalue weighted by Crippen LogP contribution is -2.44. The molecule has 3 atom stereocenters. The van der Waals surface area contributed by atoms with Crippen LogP contribution < -0.4 is 0 Å². The summed E-state index contributed by atoms with van der Waals surface area (Å²) in [6, 6.07) is -0.631. The van der Waals surface area contributed by atoms with Crippen molar-refractivity contribution in [3.63, 3.8) is 0 Å². The third-order valence-corrected chi connectivity index (χ3v) is 4.17. The Labute approximate surface area is 135 Å². The molecule has 1 aliphatic heterocycles. The van der Waals surface area contributed by atoms with Crippen LogP contribution in [0.1, 0.15) is 52.9 Å². The second-order valence-electron chi connectivity index (χ2n) is 7.24. The Hall–Kier alpha value is -1.79. The van der Waals surface area contributed by atoms with Gasteiger partial charge in [0, 0.05) is 6.54 Å². The van der Waals surface area contributed by atoms with E-state index >= 15 is 0 Å². The molecule has 2 aliphatic rings. The maximum Gasteiger partial charge on any atom is 0.411 e. The first-order chi connectivity index (χ1) is 10.7. The van der Waals surface area contributed by atoms with Gasteiger partial charge in [0.25, 0.3) is 0 Å². The minimum Gasteiger partial charge on any atom is -0.481 e. The number of hydrogen-bond acceptors (Lipinski definition) is 5. The van der Waals surface area contributed by atoms with E-state index in [0.717, 1.165) is 6.42 Å². The average Bonchev–Trinajstić information content (AvgIpc) is 3.04. The number of likely N-dealkylation sites (tertiary alicyclic amines) is 1. The number of carbonyl (C=O) groups excluding carboxylic acids is 2. The molecule has 7 heteroatoms. The smallest absolute Gasteiger partial charge is 0.411 e. The predicted octanol–water partition coefficient (Wildman–Crippen LogP) is 2.18. The number of carboxylic acid groups (broad SMARTS) is 1. The highest BCUT2D eigenvalue weighted by molar-refractivity contribution is 5.82. The highest BCUT2D eigenvalue weighted by Gasteiger charge is 2.40. The number of hydrogen-bond donors (Lipinski definition) is 1. The lowest BCUT2D eigenvalue weighted by molar-refractivity contribution is -0.155. The van der Waals surface area contributed by atoms with Gasteiger partial charge in [-0.1, -0.05) is 0 Å². The Bertz CT molecular complexity index is 483. The summed E-state index contributed by atoms with van der Waals surface area (Å²) in [6.45, 7) is 5.80. The number of rotatable bonds is 3. The van der Waals surface area contributed by atoms with Gasteiger partial charge in [-0.25, -0.2) is 9.59 Å². The van der Waals surface area contributed by atoms with E-state index in [4.69, 9.17) is 14.6 Å². The van der Waals surface area contributed by atoms with Gasteiger partial charge in [0.05, 0.1) is 5.92 Å². The Morgan fingerprint density at radius 1 is 1.13 bits per heavy atom. The summed E-state index contributed by atoms with van der Waals surface area (Å²) >= 11 is 0. The summed E-state index contributed by atoms with van der Waals surface area (Å²) in [4.78, 5) is 36.9. The molecule has 130 valence electrons. The monoisotopic (exact) mass is 327 g/mol. The van der Waals surface area contributed by atoms with Gasteiger partial charge in [-0.05, 0) is 52.9 Å². The molecule has 0 radical (unpaired) electrons. The SMILES string of the molecule is CC(C)(C)OC(=O)N1CCC[C@H]1C(=O)O[C@@H]1CC[C@@H](C(=O)O)C1. The fraction of sp³-hybridized carbons (Fsp3) is 0.812. The molecule has 0 aromatic heterocycles. The summed E-state index contributed by atoms with van der Waals surface area (Å²) < 4.78 is 10.8. The van der Waals surface area contributed by atoms with Gasteiger partial charge in [0.15, 0.2) is 0 Å². The van der Waals surface area contributed by atoms with E-state index in [1.54, 1.807) is 20.8 Å². The first-order valence-corrected chi connectivity index (χ1v) is 8.10. The van der Waals surface area contributed by atoms with Gasteiger partial charge in [0.1, 0.15) is 17.7 Å². The molecule has 1 heterocycles. The fourth-order valence-corrected chi connectivity index (χ4v) is 3.07. The van der Waals surface area contributed by atoms with Crippen LogP contribution in [0.3, 0.4) is 0 Å². The van der Waals surface area contributed by atoms with Crippen LogP contribution in [-0.4, -0.2) is 52.3 Å². The third kappa shape index (κ3) is 4.59. The standard InChI is InChI=1S/C16H25NO6/c1-16(2,3)23-15(21)17-8-4-5-12(17)14(20)22-11-7-6-10(9-11)13(18)19/h10-12H,4-9H2,1-3H3,(H,18,19)/t10-,11-,12+/m1/s1. The Morgan fingerprint density at radius 3 is 2.39 bits per heavy atom. The molecule has 1 saturated carbocycles. The van der Waals surface area contributed by atoms with Crippen molar-refractivity contribution in [2.24, 2.45) is 5.92 Å². The van der Waals surface area contributed by atoms with E-state index in [2.05, 4.69) is 0 Å². The maximum absolute atomic E-state index is 12.3. The molecule has 1 amide bonds. The molecule has 0 bridgehead atoms. The lowest BCUT2D eigenvalue weighted by Gasteiger charge is -2.28. The number of carboxylic acids is 1. The second-order valence-corrected chi connectivity index (χ2v) is 7.24. The number of carbonyl (C=O) groups is 3. The normalized spacial score (nSPS) is 27.8. The summed E-state index contributed by atoms with van der Waals surface area (Å²) in [5, 5.41) is 8.99. The topological polar surface area (TPSA) is 93.1 Å². The summed E-state index contributed by atoms with van der Waals surface area (Å²) in [5.74, 6) is -1.75. The van der Waals surface area contributed by atoms with E-state index in [1.807, 2.05) is 0 Å². The molecule has 2 fully saturated rings. The van der Waals surface area contributed by atoms with Crippen LogP contribution in [0, 0.1) is 5.92 Å². The zero-order valence-electron chi connectivity index (χ0n) is 13.9. The summed E-state index contributed by atoms with van der Waals surface area (Å²) in [7, 11) is 0. The number of nitrogens with zero attached hydrogens (tertiary/aromatic N) is 1.